The number of aryl methyl sites for hydroxylation is 1. The largest absolute Gasteiger partial charge is 0.436 e. The van der Waals surface area contributed by atoms with Gasteiger partial charge in [0.1, 0.15) is 5.52 Å². The van der Waals surface area contributed by atoms with E-state index in [1.54, 1.807) is 11.3 Å². The number of aliphatic imine (C=N–C) groups is 1. The van der Waals surface area contributed by atoms with Gasteiger partial charge in [0, 0.05) is 16.7 Å². The van der Waals surface area contributed by atoms with E-state index in [4.69, 9.17) is 4.42 Å². The van der Waals surface area contributed by atoms with Crippen LogP contribution in [0, 0.1) is 6.92 Å². The summed E-state index contributed by atoms with van der Waals surface area (Å²) in [6, 6.07) is 18.0. The average molecular weight is 318 g/mol. The number of thiophene rings is 1. The van der Waals surface area contributed by atoms with Gasteiger partial charge in [-0.2, -0.15) is 0 Å². The standard InChI is InChI=1S/C19H14N2OS/c1-13-4-6-14(7-5-13)19-21-17-11-15(8-9-18(17)22-19)20-12-16-3-2-10-23-16/h2-12H,1H3. The summed E-state index contributed by atoms with van der Waals surface area (Å²) in [5, 5.41) is 2.04. The molecule has 2 heterocycles. The lowest BCUT2D eigenvalue weighted by atomic mass is 10.1. The lowest BCUT2D eigenvalue weighted by Gasteiger charge is -1.95. The lowest BCUT2D eigenvalue weighted by molar-refractivity contribution is 0.620. The second-order valence-electron chi connectivity index (χ2n) is 5.31. The first-order valence-corrected chi connectivity index (χ1v) is 8.21. The van der Waals surface area contributed by atoms with Crippen LogP contribution in [0.4, 0.5) is 5.69 Å². The third-order valence-electron chi connectivity index (χ3n) is 3.55. The molecule has 0 aliphatic heterocycles. The number of hydrogen-bond acceptors (Lipinski definition) is 4. The van der Waals surface area contributed by atoms with Gasteiger partial charge in [-0.15, -0.1) is 11.3 Å². The predicted molar refractivity (Wildman–Crippen MR) is 95.8 cm³/mol. The van der Waals surface area contributed by atoms with E-state index in [0.717, 1.165) is 27.2 Å². The highest BCUT2D eigenvalue weighted by atomic mass is 32.1. The summed E-state index contributed by atoms with van der Waals surface area (Å²) in [6.45, 7) is 2.06. The zero-order valence-electron chi connectivity index (χ0n) is 12.6. The van der Waals surface area contributed by atoms with Gasteiger partial charge in [0.2, 0.25) is 5.89 Å². The fraction of sp³-hybridized carbons (Fsp3) is 0.0526. The monoisotopic (exact) mass is 318 g/mol. The Bertz CT molecular complexity index is 966. The number of benzene rings is 2. The summed E-state index contributed by atoms with van der Waals surface area (Å²) in [4.78, 5) is 10.2. The van der Waals surface area contributed by atoms with Crippen LogP contribution in [0.3, 0.4) is 0 Å². The predicted octanol–water partition coefficient (Wildman–Crippen LogP) is 5.62. The van der Waals surface area contributed by atoms with Crippen LogP contribution in [0.2, 0.25) is 0 Å². The van der Waals surface area contributed by atoms with Gasteiger partial charge in [0.25, 0.3) is 0 Å². The Balaban J connectivity index is 1.68. The molecule has 0 N–H and O–H groups in total. The Kier molecular flexibility index (Phi) is 3.52. The molecule has 2 aromatic heterocycles. The Hall–Kier alpha value is -2.72. The van der Waals surface area contributed by atoms with E-state index in [2.05, 4.69) is 29.0 Å². The fourth-order valence-electron chi connectivity index (χ4n) is 2.32. The molecular formula is C19H14N2OS. The van der Waals surface area contributed by atoms with E-state index in [0.29, 0.717) is 5.89 Å². The molecule has 2 aromatic carbocycles. The Morgan fingerprint density at radius 2 is 1.96 bits per heavy atom. The minimum Gasteiger partial charge on any atom is -0.436 e. The highest BCUT2D eigenvalue weighted by Crippen LogP contribution is 2.27. The van der Waals surface area contributed by atoms with E-state index >= 15 is 0 Å². The molecule has 23 heavy (non-hydrogen) atoms. The maximum atomic E-state index is 5.84. The van der Waals surface area contributed by atoms with Crippen molar-refractivity contribution in [3.63, 3.8) is 0 Å². The number of rotatable bonds is 3. The topological polar surface area (TPSA) is 38.4 Å². The molecule has 0 spiro atoms. The quantitative estimate of drug-likeness (QED) is 0.460. The van der Waals surface area contributed by atoms with Gasteiger partial charge >= 0.3 is 0 Å². The number of oxazole rings is 1. The van der Waals surface area contributed by atoms with Crippen molar-refractivity contribution in [2.75, 3.05) is 0 Å². The zero-order valence-corrected chi connectivity index (χ0v) is 13.4. The molecule has 0 unspecified atom stereocenters. The van der Waals surface area contributed by atoms with E-state index in [1.807, 2.05) is 54.1 Å². The first-order valence-electron chi connectivity index (χ1n) is 7.33. The molecule has 0 fully saturated rings. The number of aromatic nitrogens is 1. The van der Waals surface area contributed by atoms with Gasteiger partial charge in [-0.1, -0.05) is 23.8 Å². The SMILES string of the molecule is Cc1ccc(-c2nc3cc(N=Cc4cccs4)ccc3o2)cc1. The zero-order chi connectivity index (χ0) is 15.6. The van der Waals surface area contributed by atoms with Crippen LogP contribution in [-0.4, -0.2) is 11.2 Å². The molecule has 0 bridgehead atoms. The molecule has 4 aromatic rings. The Morgan fingerprint density at radius 1 is 1.09 bits per heavy atom. The molecule has 4 heteroatoms. The normalized spacial score (nSPS) is 11.5. The summed E-state index contributed by atoms with van der Waals surface area (Å²) in [7, 11) is 0. The van der Waals surface area contributed by atoms with Crippen molar-refractivity contribution in [2.24, 2.45) is 4.99 Å². The molecule has 0 saturated heterocycles. The molecule has 0 aliphatic carbocycles. The van der Waals surface area contributed by atoms with Crippen molar-refractivity contribution >= 4 is 34.3 Å². The highest BCUT2D eigenvalue weighted by Gasteiger charge is 2.08. The van der Waals surface area contributed by atoms with Gasteiger partial charge in [-0.05, 0) is 48.7 Å². The van der Waals surface area contributed by atoms with Crippen molar-refractivity contribution < 1.29 is 4.42 Å². The smallest absolute Gasteiger partial charge is 0.227 e. The second kappa shape index (κ2) is 5.82. The molecule has 3 nitrogen and oxygen atoms in total. The van der Waals surface area contributed by atoms with Crippen molar-refractivity contribution in [3.8, 4) is 11.5 Å². The number of nitrogens with zero attached hydrogens (tertiary/aromatic N) is 2. The fourth-order valence-corrected chi connectivity index (χ4v) is 2.90. The Morgan fingerprint density at radius 3 is 2.74 bits per heavy atom. The molecule has 0 atom stereocenters. The van der Waals surface area contributed by atoms with Crippen LogP contribution in [-0.2, 0) is 0 Å². The minimum absolute atomic E-state index is 0.638. The van der Waals surface area contributed by atoms with Crippen molar-refractivity contribution in [3.05, 3.63) is 70.4 Å². The van der Waals surface area contributed by atoms with E-state index in [-0.39, 0.29) is 0 Å². The van der Waals surface area contributed by atoms with Gasteiger partial charge in [0.05, 0.1) is 5.69 Å². The van der Waals surface area contributed by atoms with Gasteiger partial charge in [0.15, 0.2) is 5.58 Å². The molecule has 0 radical (unpaired) electrons. The van der Waals surface area contributed by atoms with Crippen molar-refractivity contribution in [2.45, 2.75) is 6.92 Å². The lowest BCUT2D eigenvalue weighted by Crippen LogP contribution is -1.77. The van der Waals surface area contributed by atoms with Crippen molar-refractivity contribution in [1.82, 2.24) is 4.98 Å². The van der Waals surface area contributed by atoms with Crippen LogP contribution >= 0.6 is 11.3 Å². The number of fused-ring (bicyclic) bond motifs is 1. The van der Waals surface area contributed by atoms with E-state index in [1.165, 1.54) is 5.56 Å². The second-order valence-corrected chi connectivity index (χ2v) is 6.29. The van der Waals surface area contributed by atoms with Gasteiger partial charge < -0.3 is 4.42 Å². The summed E-state index contributed by atoms with van der Waals surface area (Å²) in [5.41, 5.74) is 4.66. The van der Waals surface area contributed by atoms with Gasteiger partial charge in [-0.25, -0.2) is 4.98 Å². The van der Waals surface area contributed by atoms with Gasteiger partial charge in [-0.3, -0.25) is 4.99 Å². The Labute approximate surface area is 138 Å². The summed E-state index contributed by atoms with van der Waals surface area (Å²) in [6.07, 6.45) is 1.87. The molecule has 0 aliphatic rings. The van der Waals surface area contributed by atoms with Crippen LogP contribution in [0.5, 0.6) is 0 Å². The molecular weight excluding hydrogens is 304 g/mol. The maximum absolute atomic E-state index is 5.84. The van der Waals surface area contributed by atoms with Crippen LogP contribution in [0.15, 0.2) is 69.4 Å². The average Bonchev–Trinajstić information content (AvgIpc) is 3.22. The molecule has 0 amide bonds. The van der Waals surface area contributed by atoms with Crippen LogP contribution < -0.4 is 0 Å². The summed E-state index contributed by atoms with van der Waals surface area (Å²) < 4.78 is 5.84. The maximum Gasteiger partial charge on any atom is 0.227 e. The van der Waals surface area contributed by atoms with Crippen molar-refractivity contribution in [1.29, 1.82) is 0 Å². The van der Waals surface area contributed by atoms with Crippen LogP contribution in [0.1, 0.15) is 10.4 Å². The summed E-state index contributed by atoms with van der Waals surface area (Å²) in [5.74, 6) is 0.638. The summed E-state index contributed by atoms with van der Waals surface area (Å²) >= 11 is 1.66. The molecule has 0 saturated carbocycles. The number of hydrogen-bond donors (Lipinski definition) is 0. The third-order valence-corrected chi connectivity index (χ3v) is 4.36. The minimum atomic E-state index is 0.638. The molecule has 112 valence electrons. The van der Waals surface area contributed by atoms with E-state index < -0.39 is 0 Å². The first-order chi connectivity index (χ1) is 11.3. The van der Waals surface area contributed by atoms with Crippen LogP contribution in [0.25, 0.3) is 22.6 Å². The highest BCUT2D eigenvalue weighted by molar-refractivity contribution is 7.11. The molecule has 4 rings (SSSR count). The third kappa shape index (κ3) is 2.94. The van der Waals surface area contributed by atoms with E-state index in [9.17, 15) is 0 Å². The first kappa shape index (κ1) is 13.9.